The first-order valence-corrected chi connectivity index (χ1v) is 5.82. The van der Waals surface area contributed by atoms with E-state index in [4.69, 9.17) is 6.42 Å². The standard InChI is InChI=1S/C13H15N3O3/c1-3-9-15(10-4-2)13(17)14-11-5-7-12(8-6-11)16(18)19/h1,5-8H,4,9-10H2,2H3,(H,14,17). The van der Waals surface area contributed by atoms with Crippen molar-refractivity contribution in [2.45, 2.75) is 13.3 Å². The molecule has 0 aliphatic carbocycles. The van der Waals surface area contributed by atoms with Gasteiger partial charge in [0.15, 0.2) is 0 Å². The number of nitro groups is 1. The lowest BCUT2D eigenvalue weighted by atomic mass is 10.3. The maximum Gasteiger partial charge on any atom is 0.322 e. The quantitative estimate of drug-likeness (QED) is 0.502. The highest BCUT2D eigenvalue weighted by molar-refractivity contribution is 5.89. The molecule has 1 N–H and O–H groups in total. The lowest BCUT2D eigenvalue weighted by molar-refractivity contribution is -0.384. The topological polar surface area (TPSA) is 75.5 Å². The lowest BCUT2D eigenvalue weighted by Gasteiger charge is -2.19. The minimum absolute atomic E-state index is 0.0213. The number of non-ortho nitro benzene ring substituents is 1. The first kappa shape index (κ1) is 14.5. The van der Waals surface area contributed by atoms with Crippen LogP contribution in [0.5, 0.6) is 0 Å². The lowest BCUT2D eigenvalue weighted by Crippen LogP contribution is -2.35. The van der Waals surface area contributed by atoms with E-state index in [1.54, 1.807) is 0 Å². The Balaban J connectivity index is 2.70. The van der Waals surface area contributed by atoms with Gasteiger partial charge < -0.3 is 10.2 Å². The number of terminal acetylenes is 1. The molecule has 6 nitrogen and oxygen atoms in total. The van der Waals surface area contributed by atoms with E-state index < -0.39 is 4.92 Å². The molecule has 6 heteroatoms. The molecule has 0 unspecified atom stereocenters. The van der Waals surface area contributed by atoms with Gasteiger partial charge in [0, 0.05) is 24.4 Å². The van der Waals surface area contributed by atoms with Crippen molar-refractivity contribution in [2.24, 2.45) is 0 Å². The van der Waals surface area contributed by atoms with Gasteiger partial charge in [-0.3, -0.25) is 10.1 Å². The molecule has 1 aromatic carbocycles. The van der Waals surface area contributed by atoms with E-state index in [0.717, 1.165) is 6.42 Å². The fourth-order valence-electron chi connectivity index (χ4n) is 1.50. The molecule has 0 aromatic heterocycles. The van der Waals surface area contributed by atoms with E-state index in [-0.39, 0.29) is 18.3 Å². The summed E-state index contributed by atoms with van der Waals surface area (Å²) in [5.41, 5.74) is 0.473. The molecule has 19 heavy (non-hydrogen) atoms. The van der Waals surface area contributed by atoms with Crippen LogP contribution >= 0.6 is 0 Å². The van der Waals surface area contributed by atoms with Crippen molar-refractivity contribution in [3.05, 3.63) is 34.4 Å². The molecule has 0 aliphatic rings. The summed E-state index contributed by atoms with van der Waals surface area (Å²) in [5.74, 6) is 2.42. The van der Waals surface area contributed by atoms with Crippen LogP contribution in [0.25, 0.3) is 0 Å². The van der Waals surface area contributed by atoms with Crippen LogP contribution in [0.15, 0.2) is 24.3 Å². The van der Waals surface area contributed by atoms with E-state index in [0.29, 0.717) is 12.2 Å². The maximum atomic E-state index is 11.9. The third-order valence-corrected chi connectivity index (χ3v) is 2.39. The summed E-state index contributed by atoms with van der Waals surface area (Å²) in [6, 6.07) is 5.32. The maximum absolute atomic E-state index is 11.9. The van der Waals surface area contributed by atoms with Crippen LogP contribution in [0.1, 0.15) is 13.3 Å². The van der Waals surface area contributed by atoms with E-state index in [1.807, 2.05) is 6.92 Å². The van der Waals surface area contributed by atoms with E-state index in [9.17, 15) is 14.9 Å². The summed E-state index contributed by atoms with van der Waals surface area (Å²) in [4.78, 5) is 23.4. The molecule has 0 bridgehead atoms. The summed E-state index contributed by atoms with van der Waals surface area (Å²) in [6.07, 6.45) is 6.00. The molecule has 0 saturated heterocycles. The number of hydrogen-bond donors (Lipinski definition) is 1. The van der Waals surface area contributed by atoms with Crippen molar-refractivity contribution >= 4 is 17.4 Å². The summed E-state index contributed by atoms with van der Waals surface area (Å²) >= 11 is 0. The SMILES string of the molecule is C#CCN(CCC)C(=O)Nc1ccc([N+](=O)[O-])cc1. The third-order valence-electron chi connectivity index (χ3n) is 2.39. The van der Waals surface area contributed by atoms with Gasteiger partial charge in [-0.05, 0) is 18.6 Å². The zero-order valence-corrected chi connectivity index (χ0v) is 10.6. The number of amides is 2. The van der Waals surface area contributed by atoms with Crippen molar-refractivity contribution < 1.29 is 9.72 Å². The van der Waals surface area contributed by atoms with E-state index in [2.05, 4.69) is 11.2 Å². The fraction of sp³-hybridized carbons (Fsp3) is 0.308. The number of hydrogen-bond acceptors (Lipinski definition) is 3. The Morgan fingerprint density at radius 2 is 2.11 bits per heavy atom. The van der Waals surface area contributed by atoms with Gasteiger partial charge in [-0.1, -0.05) is 12.8 Å². The molecule has 0 atom stereocenters. The predicted octanol–water partition coefficient (Wildman–Crippen LogP) is 2.47. The number of rotatable bonds is 5. The molecule has 0 saturated carbocycles. The second-order valence-corrected chi connectivity index (χ2v) is 3.86. The summed E-state index contributed by atoms with van der Waals surface area (Å²) in [5, 5.41) is 13.1. The number of nitrogens with zero attached hydrogens (tertiary/aromatic N) is 2. The van der Waals surface area contributed by atoms with Crippen molar-refractivity contribution in [3.8, 4) is 12.3 Å². The van der Waals surface area contributed by atoms with Gasteiger partial charge in [-0.25, -0.2) is 4.79 Å². The molecule has 0 aliphatic heterocycles. The number of nitrogens with one attached hydrogen (secondary N) is 1. The third kappa shape index (κ3) is 4.32. The first-order valence-electron chi connectivity index (χ1n) is 5.82. The molecule has 0 radical (unpaired) electrons. The second-order valence-electron chi connectivity index (χ2n) is 3.86. The van der Waals surface area contributed by atoms with Gasteiger partial charge in [0.25, 0.3) is 5.69 Å². The first-order chi connectivity index (χ1) is 9.08. The Morgan fingerprint density at radius 3 is 2.58 bits per heavy atom. The van der Waals surface area contributed by atoms with Crippen molar-refractivity contribution in [1.82, 2.24) is 4.90 Å². The number of carbonyl (C=O) groups excluding carboxylic acids is 1. The van der Waals surface area contributed by atoms with Gasteiger partial charge in [0.1, 0.15) is 0 Å². The smallest absolute Gasteiger partial charge is 0.313 e. The van der Waals surface area contributed by atoms with Crippen LogP contribution in [0.3, 0.4) is 0 Å². The zero-order chi connectivity index (χ0) is 14.3. The van der Waals surface area contributed by atoms with E-state index >= 15 is 0 Å². The number of carbonyl (C=O) groups is 1. The number of benzene rings is 1. The fourth-order valence-corrected chi connectivity index (χ4v) is 1.50. The number of anilines is 1. The Morgan fingerprint density at radius 1 is 1.47 bits per heavy atom. The van der Waals surface area contributed by atoms with Crippen LogP contribution in [0.4, 0.5) is 16.2 Å². The summed E-state index contributed by atoms with van der Waals surface area (Å²) < 4.78 is 0. The van der Waals surface area contributed by atoms with Crippen LogP contribution < -0.4 is 5.32 Å². The molecule has 0 heterocycles. The molecule has 1 rings (SSSR count). The monoisotopic (exact) mass is 261 g/mol. The van der Waals surface area contributed by atoms with Gasteiger partial charge in [0.2, 0.25) is 0 Å². The second kappa shape index (κ2) is 7.01. The zero-order valence-electron chi connectivity index (χ0n) is 10.6. The highest BCUT2D eigenvalue weighted by Crippen LogP contribution is 2.15. The Kier molecular flexibility index (Phi) is 5.35. The van der Waals surface area contributed by atoms with Gasteiger partial charge >= 0.3 is 6.03 Å². The molecule has 0 spiro atoms. The minimum atomic E-state index is -0.493. The summed E-state index contributed by atoms with van der Waals surface area (Å²) in [6.45, 7) is 2.73. The van der Waals surface area contributed by atoms with Crippen LogP contribution in [-0.2, 0) is 0 Å². The van der Waals surface area contributed by atoms with Crippen LogP contribution in [-0.4, -0.2) is 28.9 Å². The van der Waals surface area contributed by atoms with Crippen LogP contribution in [0, 0.1) is 22.5 Å². The predicted molar refractivity (Wildman–Crippen MR) is 72.8 cm³/mol. The normalized spacial score (nSPS) is 9.47. The molecular formula is C13H15N3O3. The average molecular weight is 261 g/mol. The summed E-state index contributed by atoms with van der Waals surface area (Å²) in [7, 11) is 0. The van der Waals surface area contributed by atoms with Crippen molar-refractivity contribution in [3.63, 3.8) is 0 Å². The molecule has 0 fully saturated rings. The average Bonchev–Trinajstić information content (AvgIpc) is 2.39. The molecule has 2 amide bonds. The Hall–Kier alpha value is -2.55. The van der Waals surface area contributed by atoms with Gasteiger partial charge in [0.05, 0.1) is 11.5 Å². The number of nitro benzene ring substituents is 1. The molecular weight excluding hydrogens is 246 g/mol. The van der Waals surface area contributed by atoms with Gasteiger partial charge in [-0.15, -0.1) is 6.42 Å². The molecule has 100 valence electrons. The highest BCUT2D eigenvalue weighted by Gasteiger charge is 2.12. The molecule has 1 aromatic rings. The Bertz CT molecular complexity index is 491. The minimum Gasteiger partial charge on any atom is -0.313 e. The largest absolute Gasteiger partial charge is 0.322 e. The van der Waals surface area contributed by atoms with E-state index in [1.165, 1.54) is 29.2 Å². The van der Waals surface area contributed by atoms with Crippen molar-refractivity contribution in [2.75, 3.05) is 18.4 Å². The van der Waals surface area contributed by atoms with Gasteiger partial charge in [-0.2, -0.15) is 0 Å². The highest BCUT2D eigenvalue weighted by atomic mass is 16.6. The Labute approximate surface area is 111 Å². The van der Waals surface area contributed by atoms with Crippen molar-refractivity contribution in [1.29, 1.82) is 0 Å². The number of urea groups is 1. The van der Waals surface area contributed by atoms with Crippen LogP contribution in [0.2, 0.25) is 0 Å².